The Morgan fingerprint density at radius 3 is 2.67 bits per heavy atom. The van der Waals surface area contributed by atoms with Gasteiger partial charge in [0.25, 0.3) is 0 Å². The van der Waals surface area contributed by atoms with Crippen molar-refractivity contribution in [2.75, 3.05) is 37.3 Å². The summed E-state index contributed by atoms with van der Waals surface area (Å²) in [4.78, 5) is 10.9. The van der Waals surface area contributed by atoms with Crippen LogP contribution < -0.4 is 10.6 Å². The van der Waals surface area contributed by atoms with Crippen molar-refractivity contribution in [3.63, 3.8) is 0 Å². The molecule has 1 aromatic heterocycles. The number of aromatic nitrogens is 2. The van der Waals surface area contributed by atoms with E-state index in [9.17, 15) is 0 Å². The van der Waals surface area contributed by atoms with Crippen molar-refractivity contribution in [3.8, 4) is 0 Å². The van der Waals surface area contributed by atoms with E-state index in [0.717, 1.165) is 22.7 Å². The summed E-state index contributed by atoms with van der Waals surface area (Å²) in [5, 5.41) is 6.47. The zero-order valence-corrected chi connectivity index (χ0v) is 12.5. The number of hydrogen-bond acceptors (Lipinski definition) is 5. The van der Waals surface area contributed by atoms with E-state index in [1.165, 1.54) is 25.9 Å². The van der Waals surface area contributed by atoms with Crippen molar-refractivity contribution in [3.05, 3.63) is 10.8 Å². The molecule has 1 unspecified atom stereocenters. The van der Waals surface area contributed by atoms with Crippen LogP contribution in [0.5, 0.6) is 0 Å². The fraction of sp³-hybridized carbons (Fsp3) is 0.667. The molecule has 1 aromatic rings. The Morgan fingerprint density at radius 2 is 2.00 bits per heavy atom. The van der Waals surface area contributed by atoms with E-state index in [-0.39, 0.29) is 0 Å². The Labute approximate surface area is 117 Å². The van der Waals surface area contributed by atoms with Gasteiger partial charge >= 0.3 is 0 Å². The molecule has 0 radical (unpaired) electrons. The number of nitrogens with one attached hydrogen (secondary N) is 2. The highest BCUT2D eigenvalue weighted by molar-refractivity contribution is 9.10. The van der Waals surface area contributed by atoms with Gasteiger partial charge in [-0.25, -0.2) is 9.97 Å². The van der Waals surface area contributed by atoms with Gasteiger partial charge in [0.05, 0.1) is 0 Å². The van der Waals surface area contributed by atoms with E-state index in [1.54, 1.807) is 6.33 Å². The number of hydrogen-bond donors (Lipinski definition) is 2. The first-order valence-corrected chi connectivity index (χ1v) is 7.17. The lowest BCUT2D eigenvalue weighted by molar-refractivity contribution is 0.327. The third-order valence-corrected chi connectivity index (χ3v) is 3.89. The fourth-order valence-corrected chi connectivity index (χ4v) is 2.79. The summed E-state index contributed by atoms with van der Waals surface area (Å²) in [5.74, 6) is 1.65. The lowest BCUT2D eigenvalue weighted by Crippen LogP contribution is -2.33. The van der Waals surface area contributed by atoms with Gasteiger partial charge in [-0.1, -0.05) is 0 Å². The average Bonchev–Trinajstić information content (AvgIpc) is 2.84. The number of anilines is 2. The molecule has 1 saturated heterocycles. The van der Waals surface area contributed by atoms with Crippen LogP contribution in [0.4, 0.5) is 11.6 Å². The number of rotatable bonds is 5. The van der Waals surface area contributed by atoms with Crippen molar-refractivity contribution < 1.29 is 0 Å². The van der Waals surface area contributed by atoms with Gasteiger partial charge in [-0.05, 0) is 48.8 Å². The summed E-state index contributed by atoms with van der Waals surface area (Å²) in [7, 11) is 1.85. The largest absolute Gasteiger partial charge is 0.372 e. The van der Waals surface area contributed by atoms with Crippen LogP contribution in [0.25, 0.3) is 0 Å². The highest BCUT2D eigenvalue weighted by atomic mass is 79.9. The zero-order valence-electron chi connectivity index (χ0n) is 10.9. The summed E-state index contributed by atoms with van der Waals surface area (Å²) >= 11 is 3.52. The van der Waals surface area contributed by atoms with Crippen molar-refractivity contribution in [1.82, 2.24) is 14.9 Å². The van der Waals surface area contributed by atoms with Gasteiger partial charge in [-0.3, -0.25) is 0 Å². The smallest absolute Gasteiger partial charge is 0.146 e. The van der Waals surface area contributed by atoms with E-state index in [4.69, 9.17) is 0 Å². The lowest BCUT2D eigenvalue weighted by atomic mass is 10.3. The molecule has 1 atom stereocenters. The maximum absolute atomic E-state index is 4.27. The van der Waals surface area contributed by atoms with Gasteiger partial charge in [-0.15, -0.1) is 0 Å². The third-order valence-electron chi connectivity index (χ3n) is 3.14. The van der Waals surface area contributed by atoms with Gasteiger partial charge in [0, 0.05) is 19.6 Å². The Bertz CT molecular complexity index is 392. The minimum Gasteiger partial charge on any atom is -0.372 e. The van der Waals surface area contributed by atoms with Crippen LogP contribution >= 0.6 is 15.9 Å². The highest BCUT2D eigenvalue weighted by Gasteiger charge is 2.16. The Balaban J connectivity index is 1.95. The fourth-order valence-electron chi connectivity index (χ4n) is 2.28. The lowest BCUT2D eigenvalue weighted by Gasteiger charge is -2.22. The molecule has 2 N–H and O–H groups in total. The van der Waals surface area contributed by atoms with Gasteiger partial charge in [0.1, 0.15) is 22.4 Å². The molecule has 0 bridgehead atoms. The van der Waals surface area contributed by atoms with Crippen LogP contribution in [-0.4, -0.2) is 47.6 Å². The zero-order chi connectivity index (χ0) is 13.0. The summed E-state index contributed by atoms with van der Waals surface area (Å²) in [5.41, 5.74) is 0. The summed E-state index contributed by atoms with van der Waals surface area (Å²) in [6.07, 6.45) is 4.23. The maximum atomic E-state index is 4.27. The van der Waals surface area contributed by atoms with E-state index in [0.29, 0.717) is 6.04 Å². The van der Waals surface area contributed by atoms with Crippen LogP contribution in [-0.2, 0) is 0 Å². The van der Waals surface area contributed by atoms with Gasteiger partial charge in [0.15, 0.2) is 0 Å². The number of likely N-dealkylation sites (tertiary alicyclic amines) is 1. The van der Waals surface area contributed by atoms with E-state index in [1.807, 2.05) is 7.05 Å². The molecule has 2 heterocycles. The van der Waals surface area contributed by atoms with Crippen molar-refractivity contribution in [1.29, 1.82) is 0 Å². The molecule has 5 nitrogen and oxygen atoms in total. The SMILES string of the molecule is CNc1ncnc(NC(C)CN2CCCC2)c1Br. The first-order valence-electron chi connectivity index (χ1n) is 6.38. The molecular formula is C12H20BrN5. The predicted molar refractivity (Wildman–Crippen MR) is 78.0 cm³/mol. The van der Waals surface area contributed by atoms with Gasteiger partial charge in [0.2, 0.25) is 0 Å². The molecule has 0 spiro atoms. The predicted octanol–water partition coefficient (Wildman–Crippen LogP) is 2.18. The van der Waals surface area contributed by atoms with E-state index >= 15 is 0 Å². The van der Waals surface area contributed by atoms with E-state index < -0.39 is 0 Å². The summed E-state index contributed by atoms with van der Waals surface area (Å²) in [6.45, 7) is 5.69. The molecule has 1 aliphatic rings. The molecule has 0 aliphatic carbocycles. The molecular weight excluding hydrogens is 294 g/mol. The van der Waals surface area contributed by atoms with Crippen molar-refractivity contribution in [2.45, 2.75) is 25.8 Å². The molecule has 0 amide bonds. The highest BCUT2D eigenvalue weighted by Crippen LogP contribution is 2.26. The summed E-state index contributed by atoms with van der Waals surface area (Å²) < 4.78 is 0.890. The first-order chi connectivity index (χ1) is 8.70. The van der Waals surface area contributed by atoms with Crippen molar-refractivity contribution in [2.24, 2.45) is 0 Å². The number of nitrogens with zero attached hydrogens (tertiary/aromatic N) is 3. The van der Waals surface area contributed by atoms with Gasteiger partial charge in [-0.2, -0.15) is 0 Å². The van der Waals surface area contributed by atoms with Crippen LogP contribution in [0.1, 0.15) is 19.8 Å². The Morgan fingerprint density at radius 1 is 1.33 bits per heavy atom. The third kappa shape index (κ3) is 3.32. The second-order valence-electron chi connectivity index (χ2n) is 4.69. The molecule has 6 heteroatoms. The average molecular weight is 314 g/mol. The van der Waals surface area contributed by atoms with E-state index in [2.05, 4.69) is 48.4 Å². The molecule has 2 rings (SSSR count). The van der Waals surface area contributed by atoms with Gasteiger partial charge < -0.3 is 15.5 Å². The van der Waals surface area contributed by atoms with Crippen LogP contribution in [0.3, 0.4) is 0 Å². The van der Waals surface area contributed by atoms with Crippen molar-refractivity contribution >= 4 is 27.6 Å². The molecule has 1 fully saturated rings. The topological polar surface area (TPSA) is 53.1 Å². The standard InChI is InChI=1S/C12H20BrN5/c1-9(7-18-5-3-4-6-18)17-12-10(13)11(14-2)15-8-16-12/h8-9H,3-7H2,1-2H3,(H2,14,15,16,17). The minimum absolute atomic E-state index is 0.374. The minimum atomic E-state index is 0.374. The number of halogens is 1. The first kappa shape index (κ1) is 13.5. The Kier molecular flexibility index (Phi) is 4.77. The second-order valence-corrected chi connectivity index (χ2v) is 5.48. The monoisotopic (exact) mass is 313 g/mol. The maximum Gasteiger partial charge on any atom is 0.146 e. The molecule has 0 aromatic carbocycles. The summed E-state index contributed by atoms with van der Waals surface area (Å²) in [6, 6.07) is 0.374. The van der Waals surface area contributed by atoms with Crippen LogP contribution in [0.15, 0.2) is 10.8 Å². The molecule has 1 aliphatic heterocycles. The molecule has 100 valence electrons. The molecule has 18 heavy (non-hydrogen) atoms. The van der Waals surface area contributed by atoms with Crippen LogP contribution in [0.2, 0.25) is 0 Å². The normalized spacial score (nSPS) is 17.7. The molecule has 0 saturated carbocycles. The Hall–Kier alpha value is -0.880. The quantitative estimate of drug-likeness (QED) is 0.872. The van der Waals surface area contributed by atoms with Crippen LogP contribution in [0, 0.1) is 0 Å². The second kappa shape index (κ2) is 6.33.